The second-order valence-electron chi connectivity index (χ2n) is 14.5. The highest BCUT2D eigenvalue weighted by atomic mass is 16.3. The Morgan fingerprint density at radius 1 is 0.321 bits per heavy atom. The van der Waals surface area contributed by atoms with Crippen molar-refractivity contribution in [2.45, 2.75) is 0 Å². The predicted octanol–water partition coefficient (Wildman–Crippen LogP) is 15.5. The van der Waals surface area contributed by atoms with E-state index in [0.717, 1.165) is 44.4 Å². The fraction of sp³-hybridized carbons (Fsp3) is 0. The van der Waals surface area contributed by atoms with Crippen molar-refractivity contribution in [3.05, 3.63) is 212 Å². The molecule has 11 aromatic rings. The van der Waals surface area contributed by atoms with E-state index >= 15 is 0 Å². The van der Waals surface area contributed by atoms with Crippen molar-refractivity contribution in [2.24, 2.45) is 0 Å². The highest BCUT2D eigenvalue weighted by Crippen LogP contribution is 2.47. The van der Waals surface area contributed by atoms with Gasteiger partial charge in [-0.25, -0.2) is 0 Å². The van der Waals surface area contributed by atoms with E-state index in [2.05, 4.69) is 217 Å². The molecule has 2 nitrogen and oxygen atoms in total. The molecule has 0 amide bonds. The van der Waals surface area contributed by atoms with Crippen LogP contribution in [0.2, 0.25) is 0 Å². The van der Waals surface area contributed by atoms with Gasteiger partial charge in [-0.15, -0.1) is 0 Å². The molecule has 10 aromatic carbocycles. The van der Waals surface area contributed by atoms with Gasteiger partial charge in [-0.3, -0.25) is 0 Å². The van der Waals surface area contributed by atoms with Crippen molar-refractivity contribution >= 4 is 71.3 Å². The molecule has 1 aromatic heterocycles. The summed E-state index contributed by atoms with van der Waals surface area (Å²) in [6.45, 7) is 0. The molecule has 0 aliphatic rings. The topological polar surface area (TPSA) is 16.4 Å². The van der Waals surface area contributed by atoms with Crippen LogP contribution in [0, 0.1) is 0 Å². The highest BCUT2D eigenvalue weighted by molar-refractivity contribution is 6.23. The second kappa shape index (κ2) is 13.2. The van der Waals surface area contributed by atoms with Crippen LogP contribution in [-0.4, -0.2) is 0 Å². The number of furan rings is 1. The Balaban J connectivity index is 1.12. The molecule has 0 saturated heterocycles. The number of fused-ring (bicyclic) bond motifs is 7. The smallest absolute Gasteiger partial charge is 0.143 e. The van der Waals surface area contributed by atoms with Crippen molar-refractivity contribution in [2.75, 3.05) is 4.90 Å². The standard InChI is InChI=1S/C54H35NO/c1-2-12-36(13-3-1)38-24-26-39(27-25-38)40-28-31-43(32-29-40)55(44-33-30-37-14-4-5-16-42(37)34-44)51-22-11-23-52-53(51)50-35-49(47-19-8-9-20-48(47)54(50)56-52)46-21-10-17-41-15-6-7-18-45(41)46/h1-35H. The summed E-state index contributed by atoms with van der Waals surface area (Å²) in [6.07, 6.45) is 0. The lowest BCUT2D eigenvalue weighted by molar-refractivity contribution is 0.672. The fourth-order valence-corrected chi connectivity index (χ4v) is 8.53. The van der Waals surface area contributed by atoms with Crippen LogP contribution >= 0.6 is 0 Å². The van der Waals surface area contributed by atoms with Crippen LogP contribution in [0.4, 0.5) is 17.1 Å². The third-order valence-electron chi connectivity index (χ3n) is 11.2. The fourth-order valence-electron chi connectivity index (χ4n) is 8.53. The van der Waals surface area contributed by atoms with Crippen molar-refractivity contribution in [3.63, 3.8) is 0 Å². The molecule has 0 saturated carbocycles. The van der Waals surface area contributed by atoms with E-state index in [-0.39, 0.29) is 0 Å². The van der Waals surface area contributed by atoms with Crippen LogP contribution < -0.4 is 4.90 Å². The van der Waals surface area contributed by atoms with Gasteiger partial charge in [0.1, 0.15) is 11.2 Å². The van der Waals surface area contributed by atoms with Crippen LogP contribution in [0.15, 0.2) is 217 Å². The third kappa shape index (κ3) is 5.34. The summed E-state index contributed by atoms with van der Waals surface area (Å²) in [4.78, 5) is 2.39. The first-order chi connectivity index (χ1) is 27.8. The molecule has 0 unspecified atom stereocenters. The van der Waals surface area contributed by atoms with Crippen LogP contribution in [0.5, 0.6) is 0 Å². The van der Waals surface area contributed by atoms with Gasteiger partial charge in [0.15, 0.2) is 0 Å². The Kier molecular flexibility index (Phi) is 7.53. The Labute approximate surface area is 325 Å². The van der Waals surface area contributed by atoms with Crippen LogP contribution in [0.3, 0.4) is 0 Å². The van der Waals surface area contributed by atoms with E-state index in [1.165, 1.54) is 60.3 Å². The van der Waals surface area contributed by atoms with Crippen molar-refractivity contribution in [3.8, 4) is 33.4 Å². The highest BCUT2D eigenvalue weighted by Gasteiger charge is 2.22. The summed E-state index contributed by atoms with van der Waals surface area (Å²) in [7, 11) is 0. The molecule has 0 aliphatic heterocycles. The lowest BCUT2D eigenvalue weighted by Crippen LogP contribution is -2.10. The number of benzene rings is 10. The van der Waals surface area contributed by atoms with Crippen molar-refractivity contribution < 1.29 is 4.42 Å². The molecule has 0 aliphatic carbocycles. The molecule has 0 N–H and O–H groups in total. The van der Waals surface area contributed by atoms with E-state index in [1.807, 2.05) is 0 Å². The van der Waals surface area contributed by atoms with Gasteiger partial charge < -0.3 is 9.32 Å². The summed E-state index contributed by atoms with van der Waals surface area (Å²) in [5.74, 6) is 0. The summed E-state index contributed by atoms with van der Waals surface area (Å²) >= 11 is 0. The Morgan fingerprint density at radius 2 is 0.893 bits per heavy atom. The normalized spacial score (nSPS) is 11.6. The van der Waals surface area contributed by atoms with Gasteiger partial charge in [0.05, 0.1) is 11.1 Å². The van der Waals surface area contributed by atoms with Crippen molar-refractivity contribution in [1.82, 2.24) is 0 Å². The summed E-state index contributed by atoms with van der Waals surface area (Å²) in [5.41, 5.74) is 12.2. The van der Waals surface area contributed by atoms with Gasteiger partial charge in [0.25, 0.3) is 0 Å². The minimum Gasteiger partial charge on any atom is -0.455 e. The number of hydrogen-bond donors (Lipinski definition) is 0. The maximum absolute atomic E-state index is 6.87. The van der Waals surface area contributed by atoms with Crippen LogP contribution in [-0.2, 0) is 0 Å². The van der Waals surface area contributed by atoms with E-state index in [9.17, 15) is 0 Å². The largest absolute Gasteiger partial charge is 0.455 e. The third-order valence-corrected chi connectivity index (χ3v) is 11.2. The summed E-state index contributed by atoms with van der Waals surface area (Å²) < 4.78 is 6.87. The van der Waals surface area contributed by atoms with Crippen LogP contribution in [0.25, 0.3) is 87.6 Å². The first-order valence-electron chi connectivity index (χ1n) is 19.2. The molecule has 11 rings (SSSR count). The lowest BCUT2D eigenvalue weighted by Gasteiger charge is -2.27. The quantitative estimate of drug-likeness (QED) is 0.171. The average molecular weight is 714 g/mol. The number of nitrogens with zero attached hydrogens (tertiary/aromatic N) is 1. The van der Waals surface area contributed by atoms with Gasteiger partial charge >= 0.3 is 0 Å². The maximum Gasteiger partial charge on any atom is 0.143 e. The van der Waals surface area contributed by atoms with E-state index in [0.29, 0.717) is 0 Å². The minimum absolute atomic E-state index is 0.860. The zero-order valence-corrected chi connectivity index (χ0v) is 30.6. The Morgan fingerprint density at radius 3 is 1.66 bits per heavy atom. The van der Waals surface area contributed by atoms with Gasteiger partial charge in [-0.2, -0.15) is 0 Å². The van der Waals surface area contributed by atoms with Gasteiger partial charge in [0.2, 0.25) is 0 Å². The molecular weight excluding hydrogens is 679 g/mol. The number of hydrogen-bond acceptors (Lipinski definition) is 2. The molecule has 1 heterocycles. The summed E-state index contributed by atoms with van der Waals surface area (Å²) in [5, 5.41) is 9.33. The average Bonchev–Trinajstić information content (AvgIpc) is 3.66. The van der Waals surface area contributed by atoms with E-state index < -0.39 is 0 Å². The molecule has 56 heavy (non-hydrogen) atoms. The zero-order valence-electron chi connectivity index (χ0n) is 30.6. The SMILES string of the molecule is c1ccc(-c2ccc(-c3ccc(N(c4ccc5ccccc5c4)c4cccc5oc6c7ccccc7c(-c7cccc8ccccc78)cc6c45)cc3)cc2)cc1. The molecule has 2 heteroatoms. The zero-order chi connectivity index (χ0) is 37.0. The molecule has 262 valence electrons. The Hall–Kier alpha value is -7.42. The molecule has 0 bridgehead atoms. The number of anilines is 3. The first kappa shape index (κ1) is 32.0. The van der Waals surface area contributed by atoms with E-state index in [4.69, 9.17) is 4.42 Å². The maximum atomic E-state index is 6.87. The molecular formula is C54H35NO. The second-order valence-corrected chi connectivity index (χ2v) is 14.5. The lowest BCUT2D eigenvalue weighted by atomic mass is 9.92. The van der Waals surface area contributed by atoms with Crippen LogP contribution in [0.1, 0.15) is 0 Å². The molecule has 0 fully saturated rings. The minimum atomic E-state index is 0.860. The predicted molar refractivity (Wildman–Crippen MR) is 237 cm³/mol. The van der Waals surface area contributed by atoms with E-state index in [1.54, 1.807) is 0 Å². The molecule has 0 atom stereocenters. The monoisotopic (exact) mass is 713 g/mol. The van der Waals surface area contributed by atoms with Gasteiger partial charge in [-0.05, 0) is 103 Å². The van der Waals surface area contributed by atoms with Gasteiger partial charge in [0, 0.05) is 22.1 Å². The van der Waals surface area contributed by atoms with Crippen molar-refractivity contribution in [1.29, 1.82) is 0 Å². The molecule has 0 spiro atoms. The first-order valence-corrected chi connectivity index (χ1v) is 19.2. The van der Waals surface area contributed by atoms with Gasteiger partial charge in [-0.1, -0.05) is 170 Å². The number of rotatable bonds is 6. The summed E-state index contributed by atoms with van der Waals surface area (Å²) in [6, 6.07) is 76.4. The Bertz CT molecular complexity index is 3230. The molecule has 0 radical (unpaired) electrons.